The van der Waals surface area contributed by atoms with Crippen LogP contribution in [0.5, 0.6) is 0 Å². The van der Waals surface area contributed by atoms with E-state index >= 15 is 0 Å². The molecule has 1 atom stereocenters. The van der Waals surface area contributed by atoms with E-state index in [1.165, 1.54) is 29.7 Å². The molecule has 1 N–H and O–H groups in total. The first kappa shape index (κ1) is 10.7. The van der Waals surface area contributed by atoms with E-state index in [4.69, 9.17) is 6.42 Å². The van der Waals surface area contributed by atoms with Gasteiger partial charge in [-0.1, -0.05) is 12.8 Å². The highest BCUT2D eigenvalue weighted by atomic mass is 32.1. The summed E-state index contributed by atoms with van der Waals surface area (Å²) in [4.78, 5) is 2.89. The topological polar surface area (TPSA) is 12.0 Å². The van der Waals surface area contributed by atoms with Crippen LogP contribution in [-0.2, 0) is 12.8 Å². The fraction of sp³-hybridized carbons (Fsp3) is 0.538. The minimum atomic E-state index is 0.126. The zero-order valence-corrected chi connectivity index (χ0v) is 9.99. The van der Waals surface area contributed by atoms with Crippen molar-refractivity contribution in [3.63, 3.8) is 0 Å². The van der Waals surface area contributed by atoms with Crippen molar-refractivity contribution in [1.29, 1.82) is 0 Å². The third-order valence-electron chi connectivity index (χ3n) is 2.82. The van der Waals surface area contributed by atoms with Gasteiger partial charge < -0.3 is 0 Å². The van der Waals surface area contributed by atoms with Crippen molar-refractivity contribution < 1.29 is 0 Å². The summed E-state index contributed by atoms with van der Waals surface area (Å²) in [7, 11) is 0. The molecule has 0 aromatic carbocycles. The van der Waals surface area contributed by atoms with Crippen LogP contribution in [0.4, 0.5) is 0 Å². The second kappa shape index (κ2) is 4.83. The standard InChI is InChI=1S/C13H17NS/c1-3-8-14-11(4-2)13-9-10-6-5-7-12(10)15-13/h2,9,11,14H,3,5-8H2,1H3. The molecular weight excluding hydrogens is 202 g/mol. The van der Waals surface area contributed by atoms with Gasteiger partial charge in [0.2, 0.25) is 0 Å². The average Bonchev–Trinajstić information content (AvgIpc) is 2.79. The van der Waals surface area contributed by atoms with Crippen LogP contribution in [0, 0.1) is 12.3 Å². The van der Waals surface area contributed by atoms with Crippen LogP contribution in [0.25, 0.3) is 0 Å². The molecule has 0 saturated heterocycles. The number of rotatable bonds is 4. The van der Waals surface area contributed by atoms with Crippen LogP contribution in [0.3, 0.4) is 0 Å². The molecule has 1 aromatic heterocycles. The summed E-state index contributed by atoms with van der Waals surface area (Å²) >= 11 is 1.90. The molecule has 1 aliphatic carbocycles. The predicted octanol–water partition coefficient (Wildman–Crippen LogP) is 2.91. The van der Waals surface area contributed by atoms with E-state index in [-0.39, 0.29) is 6.04 Å². The normalized spacial score (nSPS) is 16.0. The number of nitrogens with one attached hydrogen (secondary N) is 1. The number of hydrogen-bond acceptors (Lipinski definition) is 2. The van der Waals surface area contributed by atoms with E-state index in [0.29, 0.717) is 0 Å². The van der Waals surface area contributed by atoms with E-state index in [0.717, 1.165) is 13.0 Å². The first-order valence-electron chi connectivity index (χ1n) is 5.66. The quantitative estimate of drug-likeness (QED) is 0.768. The molecule has 1 heterocycles. The summed E-state index contributed by atoms with van der Waals surface area (Å²) in [6.07, 6.45) is 10.5. The van der Waals surface area contributed by atoms with Gasteiger partial charge in [-0.3, -0.25) is 5.32 Å². The van der Waals surface area contributed by atoms with Crippen molar-refractivity contribution >= 4 is 11.3 Å². The Morgan fingerprint density at radius 2 is 2.47 bits per heavy atom. The van der Waals surface area contributed by atoms with Crippen LogP contribution in [-0.4, -0.2) is 6.54 Å². The summed E-state index contributed by atoms with van der Waals surface area (Å²) in [6.45, 7) is 3.16. The summed E-state index contributed by atoms with van der Waals surface area (Å²) in [6, 6.07) is 2.43. The molecule has 80 valence electrons. The largest absolute Gasteiger partial charge is 0.299 e. The molecule has 1 aromatic rings. The Morgan fingerprint density at radius 1 is 1.60 bits per heavy atom. The van der Waals surface area contributed by atoms with Crippen LogP contribution >= 0.6 is 11.3 Å². The summed E-state index contributed by atoms with van der Waals surface area (Å²) in [5.74, 6) is 2.84. The first-order chi connectivity index (χ1) is 7.35. The lowest BCUT2D eigenvalue weighted by molar-refractivity contribution is 0.633. The summed E-state index contributed by atoms with van der Waals surface area (Å²) in [5, 5.41) is 3.40. The van der Waals surface area contributed by atoms with E-state index in [2.05, 4.69) is 24.2 Å². The Labute approximate surface area is 95.9 Å². The van der Waals surface area contributed by atoms with E-state index in [9.17, 15) is 0 Å². The monoisotopic (exact) mass is 219 g/mol. The van der Waals surface area contributed by atoms with Crippen molar-refractivity contribution in [3.05, 3.63) is 21.4 Å². The molecule has 0 bridgehead atoms. The molecule has 0 saturated carbocycles. The van der Waals surface area contributed by atoms with E-state index < -0.39 is 0 Å². The van der Waals surface area contributed by atoms with Gasteiger partial charge in [-0.15, -0.1) is 17.8 Å². The van der Waals surface area contributed by atoms with Gasteiger partial charge >= 0.3 is 0 Å². The molecule has 0 amide bonds. The average molecular weight is 219 g/mol. The van der Waals surface area contributed by atoms with Crippen molar-refractivity contribution in [1.82, 2.24) is 5.32 Å². The van der Waals surface area contributed by atoms with E-state index in [1.807, 2.05) is 11.3 Å². The molecule has 0 aliphatic heterocycles. The SMILES string of the molecule is C#CC(NCCC)c1cc2c(s1)CCC2. The highest BCUT2D eigenvalue weighted by Gasteiger charge is 2.18. The fourth-order valence-electron chi connectivity index (χ4n) is 2.02. The Hall–Kier alpha value is -0.780. The van der Waals surface area contributed by atoms with Crippen molar-refractivity contribution in [2.24, 2.45) is 0 Å². The molecular formula is C13H17NS. The lowest BCUT2D eigenvalue weighted by Gasteiger charge is -2.09. The maximum Gasteiger partial charge on any atom is 0.104 e. The first-order valence-corrected chi connectivity index (χ1v) is 6.47. The Balaban J connectivity index is 2.10. The summed E-state index contributed by atoms with van der Waals surface area (Å²) < 4.78 is 0. The second-order valence-corrected chi connectivity index (χ2v) is 5.17. The van der Waals surface area contributed by atoms with E-state index in [1.54, 1.807) is 4.88 Å². The van der Waals surface area contributed by atoms with Crippen LogP contribution in [0.2, 0.25) is 0 Å². The van der Waals surface area contributed by atoms with Crippen molar-refractivity contribution in [2.45, 2.75) is 38.6 Å². The van der Waals surface area contributed by atoms with Gasteiger partial charge in [0, 0.05) is 9.75 Å². The molecule has 0 radical (unpaired) electrons. The third-order valence-corrected chi connectivity index (χ3v) is 4.12. The maximum absolute atomic E-state index is 5.56. The molecule has 0 fully saturated rings. The van der Waals surface area contributed by atoms with Gasteiger partial charge in [0.25, 0.3) is 0 Å². The number of terminal acetylenes is 1. The number of thiophene rings is 1. The third kappa shape index (κ3) is 2.25. The number of hydrogen-bond donors (Lipinski definition) is 1. The lowest BCUT2D eigenvalue weighted by Crippen LogP contribution is -2.19. The van der Waals surface area contributed by atoms with Crippen molar-refractivity contribution in [2.75, 3.05) is 6.54 Å². The minimum absolute atomic E-state index is 0.126. The Morgan fingerprint density at radius 3 is 3.13 bits per heavy atom. The molecule has 1 nitrogen and oxygen atoms in total. The molecule has 15 heavy (non-hydrogen) atoms. The molecule has 0 spiro atoms. The smallest absolute Gasteiger partial charge is 0.104 e. The number of aryl methyl sites for hydroxylation is 2. The molecule has 1 unspecified atom stereocenters. The molecule has 1 aliphatic rings. The lowest BCUT2D eigenvalue weighted by atomic mass is 10.2. The molecule has 2 heteroatoms. The zero-order valence-electron chi connectivity index (χ0n) is 9.18. The second-order valence-electron chi connectivity index (χ2n) is 4.00. The number of fused-ring (bicyclic) bond motifs is 1. The fourth-order valence-corrected chi connectivity index (χ4v) is 3.32. The van der Waals surface area contributed by atoms with Gasteiger partial charge in [0.15, 0.2) is 0 Å². The van der Waals surface area contributed by atoms with Crippen LogP contribution in [0.1, 0.15) is 41.1 Å². The van der Waals surface area contributed by atoms with Gasteiger partial charge in [-0.25, -0.2) is 0 Å². The van der Waals surface area contributed by atoms with Gasteiger partial charge in [-0.2, -0.15) is 0 Å². The zero-order chi connectivity index (χ0) is 10.7. The van der Waals surface area contributed by atoms with Gasteiger partial charge in [-0.05, 0) is 43.9 Å². The van der Waals surface area contributed by atoms with Crippen LogP contribution < -0.4 is 5.32 Å². The maximum atomic E-state index is 5.56. The highest BCUT2D eigenvalue weighted by Crippen LogP contribution is 2.33. The van der Waals surface area contributed by atoms with Crippen molar-refractivity contribution in [3.8, 4) is 12.3 Å². The van der Waals surface area contributed by atoms with Gasteiger partial charge in [0.1, 0.15) is 6.04 Å². The Kier molecular flexibility index (Phi) is 3.45. The van der Waals surface area contributed by atoms with Gasteiger partial charge in [0.05, 0.1) is 0 Å². The van der Waals surface area contributed by atoms with Crippen LogP contribution in [0.15, 0.2) is 6.07 Å². The predicted molar refractivity (Wildman–Crippen MR) is 66.2 cm³/mol. The summed E-state index contributed by atoms with van der Waals surface area (Å²) in [5.41, 5.74) is 1.54. The molecule has 2 rings (SSSR count). The minimum Gasteiger partial charge on any atom is -0.299 e. The highest BCUT2D eigenvalue weighted by molar-refractivity contribution is 7.12. The Bertz CT molecular complexity index is 351.